The molecule has 0 saturated carbocycles. The molecule has 29 heavy (non-hydrogen) atoms. The number of esters is 1. The van der Waals surface area contributed by atoms with Gasteiger partial charge in [0.15, 0.2) is 5.78 Å². The summed E-state index contributed by atoms with van der Waals surface area (Å²) in [4.78, 5) is 43.4. The molecule has 0 radical (unpaired) electrons. The minimum Gasteiger partial charge on any atom is -0.461 e. The van der Waals surface area contributed by atoms with Crippen LogP contribution in [0.5, 0.6) is 0 Å². The molecular weight excluding hydrogens is 372 g/mol. The Morgan fingerprint density at radius 1 is 1.17 bits per heavy atom. The third kappa shape index (κ3) is 5.01. The molecule has 0 atom stereocenters. The van der Waals surface area contributed by atoms with E-state index in [0.717, 1.165) is 5.56 Å². The predicted molar refractivity (Wildman–Crippen MR) is 109 cm³/mol. The molecule has 0 bridgehead atoms. The van der Waals surface area contributed by atoms with E-state index < -0.39 is 5.97 Å². The zero-order chi connectivity index (χ0) is 21.6. The topological polar surface area (TPSA) is 93.5 Å². The first-order valence-electron chi connectivity index (χ1n) is 9.59. The molecule has 8 heteroatoms. The van der Waals surface area contributed by atoms with Gasteiger partial charge in [0.2, 0.25) is 0 Å². The van der Waals surface area contributed by atoms with E-state index >= 15 is 0 Å². The summed E-state index contributed by atoms with van der Waals surface area (Å²) in [6, 6.07) is 3.28. The molecule has 0 saturated heterocycles. The molecule has 0 aliphatic rings. The number of nitrogens with one attached hydrogen (secondary N) is 1. The maximum Gasteiger partial charge on any atom is 0.355 e. The number of amides is 2. The summed E-state index contributed by atoms with van der Waals surface area (Å²) in [5.74, 6) is -0.696. The smallest absolute Gasteiger partial charge is 0.355 e. The molecule has 2 aromatic heterocycles. The lowest BCUT2D eigenvalue weighted by Crippen LogP contribution is -2.42. The van der Waals surface area contributed by atoms with Gasteiger partial charge >= 0.3 is 12.0 Å². The first-order valence-corrected chi connectivity index (χ1v) is 9.59. The molecule has 2 rings (SSSR count). The number of pyridine rings is 1. The molecule has 0 fully saturated rings. The van der Waals surface area contributed by atoms with Crippen molar-refractivity contribution >= 4 is 17.8 Å². The highest BCUT2D eigenvalue weighted by Crippen LogP contribution is 2.23. The highest BCUT2D eigenvalue weighted by Gasteiger charge is 2.27. The van der Waals surface area contributed by atoms with Crippen molar-refractivity contribution in [2.24, 2.45) is 7.05 Å². The Balaban J connectivity index is 2.32. The standard InChI is InChI=1S/C21H28N4O4/c1-6-23-21(28)25(12-16-8-10-22-11-9-16)13-17(26)18-14(3)19(20(27)29-7-2)24(5)15(18)4/h8-11H,6-7,12-13H2,1-5H3,(H,23,28). The highest BCUT2D eigenvalue weighted by atomic mass is 16.5. The Morgan fingerprint density at radius 3 is 2.41 bits per heavy atom. The fourth-order valence-electron chi connectivity index (χ4n) is 3.30. The molecule has 0 aliphatic carbocycles. The largest absolute Gasteiger partial charge is 0.461 e. The number of hydrogen-bond donors (Lipinski definition) is 1. The summed E-state index contributed by atoms with van der Waals surface area (Å²) in [6.07, 6.45) is 3.29. The number of aromatic nitrogens is 2. The van der Waals surface area contributed by atoms with E-state index in [1.807, 2.05) is 6.92 Å². The van der Waals surface area contributed by atoms with E-state index in [1.54, 1.807) is 56.9 Å². The van der Waals surface area contributed by atoms with Crippen molar-refractivity contribution in [1.29, 1.82) is 0 Å². The summed E-state index contributed by atoms with van der Waals surface area (Å²) in [6.45, 7) is 7.94. The second-order valence-electron chi connectivity index (χ2n) is 6.68. The number of Topliss-reactive ketones (excluding diaryl/α,β-unsaturated/α-hetero) is 1. The van der Waals surface area contributed by atoms with Gasteiger partial charge in [-0.2, -0.15) is 0 Å². The molecule has 1 N–H and O–H groups in total. The molecule has 0 aromatic carbocycles. The van der Waals surface area contributed by atoms with Crippen LogP contribution in [0.25, 0.3) is 0 Å². The van der Waals surface area contributed by atoms with Gasteiger partial charge in [0, 0.05) is 43.8 Å². The highest BCUT2D eigenvalue weighted by molar-refractivity contribution is 6.04. The Morgan fingerprint density at radius 2 is 1.83 bits per heavy atom. The van der Waals surface area contributed by atoms with Crippen molar-refractivity contribution in [2.45, 2.75) is 34.2 Å². The van der Waals surface area contributed by atoms with E-state index in [1.165, 1.54) is 4.90 Å². The van der Waals surface area contributed by atoms with Crippen LogP contribution in [0.15, 0.2) is 24.5 Å². The predicted octanol–water partition coefficient (Wildman–Crippen LogP) is 2.63. The second kappa shape index (κ2) is 9.86. The van der Waals surface area contributed by atoms with Crippen LogP contribution in [0, 0.1) is 13.8 Å². The van der Waals surface area contributed by atoms with Crippen LogP contribution in [-0.2, 0) is 18.3 Å². The fourth-order valence-corrected chi connectivity index (χ4v) is 3.30. The number of urea groups is 1. The van der Waals surface area contributed by atoms with Crippen LogP contribution in [-0.4, -0.2) is 51.9 Å². The monoisotopic (exact) mass is 400 g/mol. The quantitative estimate of drug-likeness (QED) is 0.543. The van der Waals surface area contributed by atoms with E-state index in [2.05, 4.69) is 10.3 Å². The molecule has 0 aliphatic heterocycles. The van der Waals surface area contributed by atoms with E-state index in [-0.39, 0.29) is 31.5 Å². The van der Waals surface area contributed by atoms with Crippen molar-refractivity contribution in [3.63, 3.8) is 0 Å². The number of ketones is 1. The van der Waals surface area contributed by atoms with Gasteiger partial charge in [0.1, 0.15) is 5.69 Å². The lowest BCUT2D eigenvalue weighted by Gasteiger charge is -2.22. The Bertz CT molecular complexity index is 890. The lowest BCUT2D eigenvalue weighted by atomic mass is 10.0. The number of ether oxygens (including phenoxy) is 1. The lowest BCUT2D eigenvalue weighted by molar-refractivity contribution is 0.0514. The minimum atomic E-state index is -0.466. The molecular formula is C21H28N4O4. The summed E-state index contributed by atoms with van der Waals surface area (Å²) in [7, 11) is 1.73. The number of rotatable bonds is 8. The maximum atomic E-state index is 13.1. The number of nitrogens with zero attached hydrogens (tertiary/aromatic N) is 3. The fraction of sp³-hybridized carbons (Fsp3) is 0.429. The summed E-state index contributed by atoms with van der Waals surface area (Å²) in [5.41, 5.74) is 2.89. The van der Waals surface area contributed by atoms with Crippen LogP contribution in [0.4, 0.5) is 4.79 Å². The summed E-state index contributed by atoms with van der Waals surface area (Å²) in [5, 5.41) is 2.74. The summed E-state index contributed by atoms with van der Waals surface area (Å²) < 4.78 is 6.78. The second-order valence-corrected chi connectivity index (χ2v) is 6.68. The van der Waals surface area contributed by atoms with Gasteiger partial charge in [-0.3, -0.25) is 9.78 Å². The average Bonchev–Trinajstić information content (AvgIpc) is 2.91. The first kappa shape index (κ1) is 22.1. The van der Waals surface area contributed by atoms with Crippen molar-refractivity contribution in [2.75, 3.05) is 19.7 Å². The SMILES string of the molecule is CCNC(=O)N(CC(=O)c1c(C)c(C(=O)OCC)n(C)c1C)Cc1ccncc1. The molecule has 0 spiro atoms. The Kier molecular flexibility index (Phi) is 7.52. The molecule has 156 valence electrons. The zero-order valence-corrected chi connectivity index (χ0v) is 17.6. The summed E-state index contributed by atoms with van der Waals surface area (Å²) >= 11 is 0. The zero-order valence-electron chi connectivity index (χ0n) is 17.6. The third-order valence-electron chi connectivity index (χ3n) is 4.75. The molecule has 2 heterocycles. The average molecular weight is 400 g/mol. The van der Waals surface area contributed by atoms with Crippen LogP contribution < -0.4 is 5.32 Å². The van der Waals surface area contributed by atoms with Gasteiger partial charge in [-0.1, -0.05) is 0 Å². The Labute approximate surface area is 170 Å². The minimum absolute atomic E-state index is 0.109. The van der Waals surface area contributed by atoms with Crippen molar-refractivity contribution in [1.82, 2.24) is 19.8 Å². The molecule has 0 unspecified atom stereocenters. The van der Waals surface area contributed by atoms with E-state index in [0.29, 0.717) is 29.1 Å². The van der Waals surface area contributed by atoms with Gasteiger partial charge in [-0.15, -0.1) is 0 Å². The van der Waals surface area contributed by atoms with Crippen molar-refractivity contribution in [3.8, 4) is 0 Å². The van der Waals surface area contributed by atoms with Gasteiger partial charge in [-0.25, -0.2) is 9.59 Å². The van der Waals surface area contributed by atoms with Gasteiger partial charge in [-0.05, 0) is 51.0 Å². The van der Waals surface area contributed by atoms with Crippen LogP contribution in [0.3, 0.4) is 0 Å². The first-order chi connectivity index (χ1) is 13.8. The van der Waals surface area contributed by atoms with Crippen LogP contribution in [0.1, 0.15) is 51.5 Å². The normalized spacial score (nSPS) is 10.5. The number of hydrogen-bond acceptors (Lipinski definition) is 5. The van der Waals surface area contributed by atoms with Gasteiger partial charge in [0.05, 0.1) is 13.2 Å². The number of carbonyl (C=O) groups is 3. The number of carbonyl (C=O) groups excluding carboxylic acids is 3. The third-order valence-corrected chi connectivity index (χ3v) is 4.75. The maximum absolute atomic E-state index is 13.1. The van der Waals surface area contributed by atoms with Crippen LogP contribution >= 0.6 is 0 Å². The molecule has 2 aromatic rings. The van der Waals surface area contributed by atoms with E-state index in [9.17, 15) is 14.4 Å². The Hall–Kier alpha value is -3.16. The van der Waals surface area contributed by atoms with Crippen molar-refractivity contribution in [3.05, 3.63) is 52.6 Å². The molecule has 8 nitrogen and oxygen atoms in total. The van der Waals surface area contributed by atoms with Gasteiger partial charge in [0.25, 0.3) is 0 Å². The molecule has 2 amide bonds. The van der Waals surface area contributed by atoms with Crippen LogP contribution in [0.2, 0.25) is 0 Å². The van der Waals surface area contributed by atoms with E-state index in [4.69, 9.17) is 4.74 Å². The van der Waals surface area contributed by atoms with Gasteiger partial charge < -0.3 is 19.5 Å². The van der Waals surface area contributed by atoms with Crippen molar-refractivity contribution < 1.29 is 19.1 Å².